The molecule has 0 heterocycles. The van der Waals surface area contributed by atoms with Crippen molar-refractivity contribution in [1.29, 1.82) is 0 Å². The van der Waals surface area contributed by atoms with Crippen molar-refractivity contribution in [2.45, 2.75) is 93.9 Å². The van der Waals surface area contributed by atoms with Gasteiger partial charge in [-0.25, -0.2) is 0 Å². The van der Waals surface area contributed by atoms with Gasteiger partial charge in [0.25, 0.3) is 0 Å². The zero-order valence-electron chi connectivity index (χ0n) is 19.7. The SMILES string of the molecule is Cc1cc(C(C)(C)C)[c]([Pb][c]2c(C(C)(C)C)cc(C)c(C)c2C)c(C)c1C. The predicted octanol–water partition coefficient (Wildman–Crippen LogP) is 5.79. The summed E-state index contributed by atoms with van der Waals surface area (Å²) >= 11 is -1.23. The molecule has 0 bridgehead atoms. The molecule has 1 heteroatoms. The third-order valence-corrected chi connectivity index (χ3v) is 13.1. The Hall–Kier alpha value is -0.638. The first-order chi connectivity index (χ1) is 12.2. The molecule has 0 nitrogen and oxygen atoms in total. The maximum absolute atomic E-state index is 2.48. The van der Waals surface area contributed by atoms with Crippen molar-refractivity contribution in [3.05, 3.63) is 56.6 Å². The molecule has 0 N–H and O–H groups in total. The summed E-state index contributed by atoms with van der Waals surface area (Å²) < 4.78 is 3.45. The second-order valence-corrected chi connectivity index (χ2v) is 15.2. The van der Waals surface area contributed by atoms with E-state index in [-0.39, 0.29) is 10.8 Å². The van der Waals surface area contributed by atoms with Gasteiger partial charge < -0.3 is 0 Å². The fourth-order valence-electron chi connectivity index (χ4n) is 3.79. The van der Waals surface area contributed by atoms with Crippen LogP contribution in [0.3, 0.4) is 0 Å². The Morgan fingerprint density at radius 2 is 0.815 bits per heavy atom. The molecule has 0 atom stereocenters. The molecule has 0 aromatic heterocycles. The molecule has 0 aliphatic carbocycles. The van der Waals surface area contributed by atoms with Crippen LogP contribution in [0, 0.1) is 41.5 Å². The van der Waals surface area contributed by atoms with Crippen molar-refractivity contribution < 1.29 is 0 Å². The van der Waals surface area contributed by atoms with Gasteiger partial charge in [-0.15, -0.1) is 0 Å². The Labute approximate surface area is 180 Å². The minimum absolute atomic E-state index is 0.196. The van der Waals surface area contributed by atoms with Gasteiger partial charge in [0.1, 0.15) is 0 Å². The van der Waals surface area contributed by atoms with Gasteiger partial charge in [-0.05, 0) is 0 Å². The van der Waals surface area contributed by atoms with E-state index in [0.717, 1.165) is 0 Å². The molecule has 0 aliphatic rings. The van der Waals surface area contributed by atoms with Crippen LogP contribution in [0.15, 0.2) is 12.1 Å². The van der Waals surface area contributed by atoms with Crippen molar-refractivity contribution in [3.63, 3.8) is 0 Å². The molecule has 0 amide bonds. The Balaban J connectivity index is 2.82. The van der Waals surface area contributed by atoms with Gasteiger partial charge in [-0.2, -0.15) is 0 Å². The number of aryl methyl sites for hydroxylation is 2. The quantitative estimate of drug-likeness (QED) is 0.411. The number of hydrogen-bond acceptors (Lipinski definition) is 0. The molecule has 2 radical (unpaired) electrons. The summed E-state index contributed by atoms with van der Waals surface area (Å²) in [5.41, 5.74) is 12.5. The van der Waals surface area contributed by atoms with Crippen LogP contribution >= 0.6 is 0 Å². The van der Waals surface area contributed by atoms with Gasteiger partial charge >= 0.3 is 181 Å². The topological polar surface area (TPSA) is 0 Å². The van der Waals surface area contributed by atoms with E-state index >= 15 is 0 Å². The molecule has 2 aromatic carbocycles. The van der Waals surface area contributed by atoms with Gasteiger partial charge in [0, 0.05) is 0 Å². The predicted molar refractivity (Wildman–Crippen MR) is 124 cm³/mol. The monoisotopic (exact) mass is 558 g/mol. The van der Waals surface area contributed by atoms with E-state index in [1.165, 1.54) is 22.3 Å². The van der Waals surface area contributed by atoms with Crippen LogP contribution in [0.25, 0.3) is 0 Å². The van der Waals surface area contributed by atoms with Crippen LogP contribution in [-0.4, -0.2) is 24.2 Å². The molecule has 0 unspecified atom stereocenters. The standard InChI is InChI=1S/2C13H19.Pb/c2*1-9-7-12(13(4,5)6)8-10(2)11(9)3;/h2*7H,1-6H3;. The van der Waals surface area contributed by atoms with Gasteiger partial charge in [0.15, 0.2) is 0 Å². The molecular formula is C26H38Pb. The average molecular weight is 558 g/mol. The van der Waals surface area contributed by atoms with Gasteiger partial charge in [-0.3, -0.25) is 0 Å². The number of benzene rings is 2. The summed E-state index contributed by atoms with van der Waals surface area (Å²) in [6, 6.07) is 4.97. The third kappa shape index (κ3) is 4.52. The van der Waals surface area contributed by atoms with Crippen molar-refractivity contribution in [3.8, 4) is 0 Å². The molecule has 2 rings (SSSR count). The van der Waals surface area contributed by atoms with E-state index < -0.39 is 24.2 Å². The van der Waals surface area contributed by atoms with E-state index in [0.29, 0.717) is 0 Å². The fourth-order valence-corrected chi connectivity index (χ4v) is 12.2. The Morgan fingerprint density at radius 1 is 0.519 bits per heavy atom. The van der Waals surface area contributed by atoms with Crippen molar-refractivity contribution in [2.24, 2.45) is 0 Å². The van der Waals surface area contributed by atoms with Crippen LogP contribution in [0.1, 0.15) is 86.1 Å². The second kappa shape index (κ2) is 7.65. The molecule has 0 saturated heterocycles. The summed E-state index contributed by atoms with van der Waals surface area (Å²) in [5.74, 6) is 0. The molecule has 27 heavy (non-hydrogen) atoms. The van der Waals surface area contributed by atoms with E-state index in [1.54, 1.807) is 28.5 Å². The van der Waals surface area contributed by atoms with Crippen LogP contribution in [0.4, 0.5) is 0 Å². The van der Waals surface area contributed by atoms with Crippen LogP contribution in [0.5, 0.6) is 0 Å². The normalized spacial score (nSPS) is 12.6. The Kier molecular flexibility index (Phi) is 6.42. The van der Waals surface area contributed by atoms with E-state index in [2.05, 4.69) is 95.2 Å². The maximum atomic E-state index is 2.48. The first-order valence-electron chi connectivity index (χ1n) is 10.2. The number of rotatable bonds is 2. The first-order valence-corrected chi connectivity index (χ1v) is 14.0. The van der Waals surface area contributed by atoms with Crippen LogP contribution in [0.2, 0.25) is 0 Å². The molecule has 0 saturated carbocycles. The van der Waals surface area contributed by atoms with Crippen molar-refractivity contribution >= 4 is 30.5 Å². The third-order valence-electron chi connectivity index (χ3n) is 6.18. The minimum atomic E-state index is -1.23. The molecule has 0 spiro atoms. The number of hydrogen-bond donors (Lipinski definition) is 0. The summed E-state index contributed by atoms with van der Waals surface area (Å²) in [7, 11) is 0. The summed E-state index contributed by atoms with van der Waals surface area (Å²) in [6.07, 6.45) is 0. The summed E-state index contributed by atoms with van der Waals surface area (Å²) in [6.45, 7) is 28.2. The van der Waals surface area contributed by atoms with E-state index in [1.807, 2.05) is 0 Å². The zero-order valence-corrected chi connectivity index (χ0v) is 23.5. The van der Waals surface area contributed by atoms with Gasteiger partial charge in [-0.1, -0.05) is 0 Å². The second-order valence-electron chi connectivity index (χ2n) is 10.4. The van der Waals surface area contributed by atoms with E-state index in [4.69, 9.17) is 0 Å². The average Bonchev–Trinajstić information content (AvgIpc) is 2.52. The molecule has 0 aliphatic heterocycles. The zero-order chi connectivity index (χ0) is 20.9. The first kappa shape index (κ1) is 22.6. The fraction of sp³-hybridized carbons (Fsp3) is 0.538. The Morgan fingerprint density at radius 3 is 1.07 bits per heavy atom. The summed E-state index contributed by atoms with van der Waals surface area (Å²) in [5, 5.41) is 0. The van der Waals surface area contributed by atoms with Gasteiger partial charge in [0.05, 0.1) is 0 Å². The van der Waals surface area contributed by atoms with E-state index in [9.17, 15) is 0 Å². The van der Waals surface area contributed by atoms with Crippen molar-refractivity contribution in [1.82, 2.24) is 0 Å². The molecule has 146 valence electrons. The Bertz CT molecular complexity index is 798. The van der Waals surface area contributed by atoms with Crippen LogP contribution < -0.4 is 6.25 Å². The van der Waals surface area contributed by atoms with Gasteiger partial charge in [0.2, 0.25) is 0 Å². The molecular weight excluding hydrogens is 519 g/mol. The molecule has 0 fully saturated rings. The molecule has 2 aromatic rings. The summed E-state index contributed by atoms with van der Waals surface area (Å²) in [4.78, 5) is 0. The van der Waals surface area contributed by atoms with Crippen molar-refractivity contribution in [2.75, 3.05) is 0 Å². The van der Waals surface area contributed by atoms with Crippen LogP contribution in [-0.2, 0) is 10.8 Å².